The van der Waals surface area contributed by atoms with Crippen molar-refractivity contribution in [1.82, 2.24) is 0 Å². The first-order valence-corrected chi connectivity index (χ1v) is 5.13. The predicted molar refractivity (Wildman–Crippen MR) is 58.1 cm³/mol. The molecule has 1 aromatic rings. The van der Waals surface area contributed by atoms with Crippen LogP contribution in [0.5, 0.6) is 5.75 Å². The Morgan fingerprint density at radius 1 is 1.35 bits per heavy atom. The monoisotopic (exact) mass is 236 g/mol. The lowest BCUT2D eigenvalue weighted by atomic mass is 9.92. The Labute approximate surface area is 97.6 Å². The van der Waals surface area contributed by atoms with Crippen LogP contribution in [0.3, 0.4) is 0 Å². The molecule has 1 aromatic carbocycles. The number of aliphatic carboxylic acids is 2. The summed E-state index contributed by atoms with van der Waals surface area (Å²) in [6, 6.07) is 6.64. The molecule has 0 saturated heterocycles. The summed E-state index contributed by atoms with van der Waals surface area (Å²) in [5.41, 5.74) is -0.902. The van der Waals surface area contributed by atoms with Crippen molar-refractivity contribution in [3.05, 3.63) is 29.8 Å². The van der Waals surface area contributed by atoms with Gasteiger partial charge in [0, 0.05) is 5.56 Å². The van der Waals surface area contributed by atoms with Gasteiger partial charge in [-0.2, -0.15) is 0 Å². The minimum absolute atomic E-state index is 0.109. The van der Waals surface area contributed by atoms with E-state index >= 15 is 0 Å². The van der Waals surface area contributed by atoms with Crippen molar-refractivity contribution in [3.63, 3.8) is 0 Å². The molecule has 2 atom stereocenters. The Balaban J connectivity index is 2.50. The third-order valence-electron chi connectivity index (χ3n) is 3.23. The van der Waals surface area contributed by atoms with E-state index in [0.717, 1.165) is 0 Å². The highest BCUT2D eigenvalue weighted by molar-refractivity contribution is 5.95. The normalized spacial score (nSPS) is 26.3. The molecule has 1 aliphatic rings. The van der Waals surface area contributed by atoms with Crippen molar-refractivity contribution in [3.8, 4) is 5.75 Å². The third-order valence-corrected chi connectivity index (χ3v) is 3.23. The van der Waals surface area contributed by atoms with Crippen molar-refractivity contribution in [2.45, 2.75) is 11.8 Å². The Bertz CT molecular complexity index is 482. The molecule has 0 spiro atoms. The molecule has 1 aliphatic carbocycles. The van der Waals surface area contributed by atoms with Gasteiger partial charge in [0.25, 0.3) is 0 Å². The summed E-state index contributed by atoms with van der Waals surface area (Å²) in [4.78, 5) is 22.3. The molecule has 0 amide bonds. The first kappa shape index (κ1) is 11.4. The Morgan fingerprint density at radius 3 is 2.47 bits per heavy atom. The zero-order chi connectivity index (χ0) is 12.6. The molecular weight excluding hydrogens is 224 g/mol. The van der Waals surface area contributed by atoms with Crippen LogP contribution in [0.15, 0.2) is 24.3 Å². The maximum Gasteiger partial charge on any atom is 0.315 e. The van der Waals surface area contributed by atoms with E-state index in [2.05, 4.69) is 0 Å². The molecule has 0 bridgehead atoms. The molecule has 1 fully saturated rings. The Morgan fingerprint density at radius 2 is 2.00 bits per heavy atom. The fourth-order valence-electron chi connectivity index (χ4n) is 2.22. The summed E-state index contributed by atoms with van der Waals surface area (Å²) in [7, 11) is 1.44. The Kier molecular flexibility index (Phi) is 2.53. The van der Waals surface area contributed by atoms with Crippen LogP contribution in [-0.4, -0.2) is 29.3 Å². The molecule has 0 aliphatic heterocycles. The SMILES string of the molecule is COc1ccccc1C1(C(=O)O)CC1C(=O)O. The van der Waals surface area contributed by atoms with Gasteiger partial charge < -0.3 is 14.9 Å². The largest absolute Gasteiger partial charge is 0.496 e. The van der Waals surface area contributed by atoms with Gasteiger partial charge in [-0.15, -0.1) is 0 Å². The summed E-state index contributed by atoms with van der Waals surface area (Å²) in [5, 5.41) is 18.2. The van der Waals surface area contributed by atoms with Gasteiger partial charge in [0.1, 0.15) is 11.2 Å². The van der Waals surface area contributed by atoms with Gasteiger partial charge in [0.05, 0.1) is 13.0 Å². The van der Waals surface area contributed by atoms with E-state index in [1.54, 1.807) is 24.3 Å². The van der Waals surface area contributed by atoms with Crippen molar-refractivity contribution >= 4 is 11.9 Å². The molecule has 1 saturated carbocycles. The van der Waals surface area contributed by atoms with Gasteiger partial charge in [-0.1, -0.05) is 18.2 Å². The van der Waals surface area contributed by atoms with Crippen molar-refractivity contribution in [2.75, 3.05) is 7.11 Å². The number of ether oxygens (including phenoxy) is 1. The van der Waals surface area contributed by atoms with Gasteiger partial charge in [0.2, 0.25) is 0 Å². The number of carboxylic acids is 2. The molecule has 17 heavy (non-hydrogen) atoms. The Hall–Kier alpha value is -2.04. The standard InChI is InChI=1S/C12H12O5/c1-17-9-5-3-2-4-7(9)12(11(15)16)6-8(12)10(13)14/h2-5,8H,6H2,1H3,(H,13,14)(H,15,16). The van der Waals surface area contributed by atoms with E-state index < -0.39 is 23.3 Å². The second kappa shape index (κ2) is 3.76. The molecule has 90 valence electrons. The highest BCUT2D eigenvalue weighted by Crippen LogP contribution is 2.56. The predicted octanol–water partition coefficient (Wildman–Crippen LogP) is 1.12. The summed E-state index contributed by atoms with van der Waals surface area (Å²) in [6.45, 7) is 0. The number of para-hydroxylation sites is 1. The van der Waals surface area contributed by atoms with Crippen LogP contribution in [0, 0.1) is 5.92 Å². The second-order valence-corrected chi connectivity index (χ2v) is 4.07. The molecule has 0 heterocycles. The summed E-state index contributed by atoms with van der Waals surface area (Å²) in [6.07, 6.45) is 0.109. The quantitative estimate of drug-likeness (QED) is 0.818. The first-order valence-electron chi connectivity index (χ1n) is 5.13. The summed E-state index contributed by atoms with van der Waals surface area (Å²) >= 11 is 0. The highest BCUT2D eigenvalue weighted by atomic mass is 16.5. The number of methoxy groups -OCH3 is 1. The van der Waals surface area contributed by atoms with Gasteiger partial charge in [-0.05, 0) is 12.5 Å². The molecule has 0 radical (unpaired) electrons. The van der Waals surface area contributed by atoms with E-state index in [1.165, 1.54) is 7.11 Å². The molecule has 5 heteroatoms. The zero-order valence-electron chi connectivity index (χ0n) is 9.21. The van der Waals surface area contributed by atoms with Crippen LogP contribution >= 0.6 is 0 Å². The minimum Gasteiger partial charge on any atom is -0.496 e. The molecule has 2 rings (SSSR count). The lowest BCUT2D eigenvalue weighted by molar-refractivity contribution is -0.145. The lowest BCUT2D eigenvalue weighted by Gasteiger charge is -2.15. The van der Waals surface area contributed by atoms with Crippen LogP contribution in [-0.2, 0) is 15.0 Å². The van der Waals surface area contributed by atoms with Crippen LogP contribution < -0.4 is 4.74 Å². The van der Waals surface area contributed by atoms with Crippen LogP contribution in [0.1, 0.15) is 12.0 Å². The van der Waals surface area contributed by atoms with Crippen LogP contribution in [0.4, 0.5) is 0 Å². The molecule has 0 aromatic heterocycles. The van der Waals surface area contributed by atoms with Gasteiger partial charge in [-0.25, -0.2) is 0 Å². The maximum atomic E-state index is 11.3. The van der Waals surface area contributed by atoms with Crippen LogP contribution in [0.25, 0.3) is 0 Å². The van der Waals surface area contributed by atoms with Crippen LogP contribution in [0.2, 0.25) is 0 Å². The van der Waals surface area contributed by atoms with Crippen molar-refractivity contribution in [1.29, 1.82) is 0 Å². The number of hydrogen-bond donors (Lipinski definition) is 2. The summed E-state index contributed by atoms with van der Waals surface area (Å²) < 4.78 is 5.09. The number of benzene rings is 1. The molecule has 5 nitrogen and oxygen atoms in total. The molecule has 2 N–H and O–H groups in total. The smallest absolute Gasteiger partial charge is 0.315 e. The van der Waals surface area contributed by atoms with Crippen molar-refractivity contribution in [2.24, 2.45) is 5.92 Å². The average Bonchev–Trinajstić information content (AvgIpc) is 3.05. The van der Waals surface area contributed by atoms with E-state index in [4.69, 9.17) is 9.84 Å². The van der Waals surface area contributed by atoms with Gasteiger partial charge in [0.15, 0.2) is 0 Å². The summed E-state index contributed by atoms with van der Waals surface area (Å²) in [5.74, 6) is -2.66. The second-order valence-electron chi connectivity index (χ2n) is 4.07. The molecular formula is C12H12O5. The average molecular weight is 236 g/mol. The fraction of sp³-hybridized carbons (Fsp3) is 0.333. The maximum absolute atomic E-state index is 11.3. The number of hydrogen-bond acceptors (Lipinski definition) is 3. The van der Waals surface area contributed by atoms with Gasteiger partial charge >= 0.3 is 11.9 Å². The van der Waals surface area contributed by atoms with E-state index in [9.17, 15) is 14.7 Å². The topological polar surface area (TPSA) is 83.8 Å². The first-order chi connectivity index (χ1) is 8.04. The van der Waals surface area contributed by atoms with E-state index in [-0.39, 0.29) is 6.42 Å². The number of rotatable bonds is 4. The fourth-order valence-corrected chi connectivity index (χ4v) is 2.22. The minimum atomic E-state index is -1.33. The lowest BCUT2D eigenvalue weighted by Crippen LogP contribution is -2.25. The van der Waals surface area contributed by atoms with Gasteiger partial charge in [-0.3, -0.25) is 9.59 Å². The van der Waals surface area contributed by atoms with E-state index in [0.29, 0.717) is 11.3 Å². The molecule has 2 unspecified atom stereocenters. The highest BCUT2D eigenvalue weighted by Gasteiger charge is 2.66. The zero-order valence-corrected chi connectivity index (χ0v) is 9.21. The number of carbonyl (C=O) groups is 2. The number of carboxylic acid groups (broad SMARTS) is 2. The van der Waals surface area contributed by atoms with Crippen molar-refractivity contribution < 1.29 is 24.5 Å². The third kappa shape index (κ3) is 1.54. The van der Waals surface area contributed by atoms with E-state index in [1.807, 2.05) is 0 Å².